The Bertz CT molecular complexity index is 535. The second-order valence-electron chi connectivity index (χ2n) is 3.53. The van der Waals surface area contributed by atoms with Crippen molar-refractivity contribution in [2.45, 2.75) is 13.5 Å². The van der Waals surface area contributed by atoms with Gasteiger partial charge in [0, 0.05) is 6.54 Å². The first-order valence-electron chi connectivity index (χ1n) is 5.46. The van der Waals surface area contributed by atoms with Gasteiger partial charge in [0.25, 0.3) is 0 Å². The Morgan fingerprint density at radius 2 is 2.35 bits per heavy atom. The minimum absolute atomic E-state index is 0.345. The molecule has 0 saturated heterocycles. The lowest BCUT2D eigenvalue weighted by Crippen LogP contribution is -2.11. The molecule has 1 aromatic heterocycles. The molecular weight excluding hydrogens is 220 g/mol. The maximum absolute atomic E-state index is 11.5. The number of ether oxygens (including phenoxy) is 1. The van der Waals surface area contributed by atoms with Gasteiger partial charge in [-0.25, -0.2) is 9.48 Å². The van der Waals surface area contributed by atoms with Gasteiger partial charge in [0.05, 0.1) is 24.2 Å². The first-order chi connectivity index (χ1) is 8.26. The minimum atomic E-state index is -0.345. The summed E-state index contributed by atoms with van der Waals surface area (Å²) in [5.74, 6) is -0.345. The summed E-state index contributed by atoms with van der Waals surface area (Å²) < 4.78 is 6.63. The fourth-order valence-electron chi connectivity index (χ4n) is 1.60. The van der Waals surface area contributed by atoms with E-state index in [0.717, 1.165) is 5.52 Å². The molecule has 2 aromatic rings. The topological polar surface area (TPSA) is 83.0 Å². The molecule has 0 spiro atoms. The molecule has 6 nitrogen and oxygen atoms in total. The first kappa shape index (κ1) is 11.5. The lowest BCUT2D eigenvalue weighted by molar-refractivity contribution is 0.0526. The van der Waals surface area contributed by atoms with E-state index in [2.05, 4.69) is 10.3 Å². The standard InChI is InChI=1S/C11H14N4O2/c1-2-17-11(16)8-3-4-10-9(7-8)13-14-15(10)6-5-12/h3-4,7H,2,5-6,12H2,1H3. The molecule has 0 radical (unpaired) electrons. The molecule has 0 aliphatic carbocycles. The van der Waals surface area contributed by atoms with Gasteiger partial charge >= 0.3 is 5.97 Å². The van der Waals surface area contributed by atoms with Gasteiger partial charge in [-0.05, 0) is 25.1 Å². The molecule has 6 heteroatoms. The number of nitrogens with two attached hydrogens (primary N) is 1. The van der Waals surface area contributed by atoms with Crippen molar-refractivity contribution in [2.24, 2.45) is 5.73 Å². The normalized spacial score (nSPS) is 10.7. The van der Waals surface area contributed by atoms with Crippen LogP contribution in [0.4, 0.5) is 0 Å². The second kappa shape index (κ2) is 4.92. The first-order valence-corrected chi connectivity index (χ1v) is 5.46. The maximum atomic E-state index is 11.5. The summed E-state index contributed by atoms with van der Waals surface area (Å²) in [6.45, 7) is 3.23. The third-order valence-corrected chi connectivity index (χ3v) is 2.37. The largest absolute Gasteiger partial charge is 0.462 e. The van der Waals surface area contributed by atoms with Crippen LogP contribution < -0.4 is 5.73 Å². The van der Waals surface area contributed by atoms with E-state index >= 15 is 0 Å². The smallest absolute Gasteiger partial charge is 0.338 e. The fourth-order valence-corrected chi connectivity index (χ4v) is 1.60. The van der Waals surface area contributed by atoms with Gasteiger partial charge in [-0.3, -0.25) is 0 Å². The quantitative estimate of drug-likeness (QED) is 0.782. The molecule has 0 fully saturated rings. The third kappa shape index (κ3) is 2.26. The number of carbonyl (C=O) groups is 1. The molecule has 1 heterocycles. The van der Waals surface area contributed by atoms with Crippen LogP contribution in [0.1, 0.15) is 17.3 Å². The Kier molecular flexibility index (Phi) is 3.34. The van der Waals surface area contributed by atoms with Crippen LogP contribution in [0, 0.1) is 0 Å². The molecular formula is C11H14N4O2. The van der Waals surface area contributed by atoms with Gasteiger partial charge in [-0.15, -0.1) is 5.10 Å². The molecule has 17 heavy (non-hydrogen) atoms. The number of aromatic nitrogens is 3. The number of esters is 1. The third-order valence-electron chi connectivity index (χ3n) is 2.37. The maximum Gasteiger partial charge on any atom is 0.338 e. The van der Waals surface area contributed by atoms with E-state index < -0.39 is 0 Å². The van der Waals surface area contributed by atoms with Crippen molar-refractivity contribution in [3.05, 3.63) is 23.8 Å². The molecule has 0 amide bonds. The van der Waals surface area contributed by atoms with Crippen LogP contribution in [0.15, 0.2) is 18.2 Å². The average Bonchev–Trinajstić information content (AvgIpc) is 2.73. The van der Waals surface area contributed by atoms with Crippen LogP contribution in [0.5, 0.6) is 0 Å². The van der Waals surface area contributed by atoms with Crippen molar-refractivity contribution >= 4 is 17.0 Å². The molecule has 1 aromatic carbocycles. The van der Waals surface area contributed by atoms with Gasteiger partial charge in [0.1, 0.15) is 5.52 Å². The Morgan fingerprint density at radius 3 is 3.06 bits per heavy atom. The van der Waals surface area contributed by atoms with E-state index in [4.69, 9.17) is 10.5 Å². The van der Waals surface area contributed by atoms with E-state index in [1.807, 2.05) is 0 Å². The number of nitrogens with zero attached hydrogens (tertiary/aromatic N) is 3. The van der Waals surface area contributed by atoms with E-state index in [0.29, 0.717) is 30.8 Å². The van der Waals surface area contributed by atoms with Crippen molar-refractivity contribution in [3.8, 4) is 0 Å². The number of carbonyl (C=O) groups excluding carboxylic acids is 1. The van der Waals surface area contributed by atoms with Gasteiger partial charge in [0.2, 0.25) is 0 Å². The van der Waals surface area contributed by atoms with Crippen molar-refractivity contribution < 1.29 is 9.53 Å². The van der Waals surface area contributed by atoms with Gasteiger partial charge in [-0.2, -0.15) is 0 Å². The summed E-state index contributed by atoms with van der Waals surface area (Å²) in [6.07, 6.45) is 0. The summed E-state index contributed by atoms with van der Waals surface area (Å²) >= 11 is 0. The number of rotatable bonds is 4. The summed E-state index contributed by atoms with van der Waals surface area (Å²) in [6, 6.07) is 5.18. The van der Waals surface area contributed by atoms with Crippen LogP contribution >= 0.6 is 0 Å². The van der Waals surface area contributed by atoms with Crippen LogP contribution in [0.2, 0.25) is 0 Å². The minimum Gasteiger partial charge on any atom is -0.462 e. The van der Waals surface area contributed by atoms with Gasteiger partial charge < -0.3 is 10.5 Å². The lowest BCUT2D eigenvalue weighted by Gasteiger charge is -2.02. The summed E-state index contributed by atoms with van der Waals surface area (Å²) in [5.41, 5.74) is 7.49. The predicted molar refractivity (Wildman–Crippen MR) is 62.5 cm³/mol. The Balaban J connectivity index is 2.35. The highest BCUT2D eigenvalue weighted by Crippen LogP contribution is 2.14. The average molecular weight is 234 g/mol. The van der Waals surface area contributed by atoms with E-state index in [-0.39, 0.29) is 5.97 Å². The highest BCUT2D eigenvalue weighted by atomic mass is 16.5. The molecule has 0 atom stereocenters. The summed E-state index contributed by atoms with van der Waals surface area (Å²) in [5, 5.41) is 7.96. The van der Waals surface area contributed by atoms with E-state index in [1.165, 1.54) is 0 Å². The summed E-state index contributed by atoms with van der Waals surface area (Å²) in [4.78, 5) is 11.5. The fraction of sp³-hybridized carbons (Fsp3) is 0.364. The van der Waals surface area contributed by atoms with Crippen LogP contribution in [-0.4, -0.2) is 34.1 Å². The van der Waals surface area contributed by atoms with Gasteiger partial charge in [0.15, 0.2) is 0 Å². The monoisotopic (exact) mass is 234 g/mol. The molecule has 0 saturated carbocycles. The van der Waals surface area contributed by atoms with E-state index in [9.17, 15) is 4.79 Å². The molecule has 0 unspecified atom stereocenters. The number of benzene rings is 1. The van der Waals surface area contributed by atoms with Crippen molar-refractivity contribution in [1.82, 2.24) is 15.0 Å². The zero-order chi connectivity index (χ0) is 12.3. The zero-order valence-corrected chi connectivity index (χ0v) is 9.59. The van der Waals surface area contributed by atoms with Crippen LogP contribution in [0.25, 0.3) is 11.0 Å². The molecule has 0 aliphatic rings. The Hall–Kier alpha value is -1.95. The highest BCUT2D eigenvalue weighted by molar-refractivity contribution is 5.93. The summed E-state index contributed by atoms with van der Waals surface area (Å²) in [7, 11) is 0. The Morgan fingerprint density at radius 1 is 1.53 bits per heavy atom. The second-order valence-corrected chi connectivity index (χ2v) is 3.53. The molecule has 2 N–H and O–H groups in total. The van der Waals surface area contributed by atoms with Crippen LogP contribution in [0.3, 0.4) is 0 Å². The van der Waals surface area contributed by atoms with E-state index in [1.54, 1.807) is 29.8 Å². The number of fused-ring (bicyclic) bond motifs is 1. The predicted octanol–water partition coefficient (Wildman–Crippen LogP) is 0.567. The zero-order valence-electron chi connectivity index (χ0n) is 9.59. The molecule has 90 valence electrons. The molecule has 0 bridgehead atoms. The Labute approximate surface area is 98.3 Å². The highest BCUT2D eigenvalue weighted by Gasteiger charge is 2.10. The number of hydrogen-bond donors (Lipinski definition) is 1. The number of hydrogen-bond acceptors (Lipinski definition) is 5. The van der Waals surface area contributed by atoms with Crippen molar-refractivity contribution in [3.63, 3.8) is 0 Å². The molecule has 0 aliphatic heterocycles. The SMILES string of the molecule is CCOC(=O)c1ccc2c(c1)nnn2CCN. The van der Waals surface area contributed by atoms with Crippen molar-refractivity contribution in [2.75, 3.05) is 13.2 Å². The van der Waals surface area contributed by atoms with Crippen molar-refractivity contribution in [1.29, 1.82) is 0 Å². The van der Waals surface area contributed by atoms with Crippen LogP contribution in [-0.2, 0) is 11.3 Å². The molecule has 2 rings (SSSR count). The lowest BCUT2D eigenvalue weighted by atomic mass is 10.2. The van der Waals surface area contributed by atoms with Gasteiger partial charge in [-0.1, -0.05) is 5.21 Å².